The lowest BCUT2D eigenvalue weighted by Gasteiger charge is -2.70. The zero-order valence-electron chi connectivity index (χ0n) is 35.6. The second-order valence-corrected chi connectivity index (χ2v) is 20.9. The first-order valence-electron chi connectivity index (χ1n) is 21.3. The number of ketones is 1. The normalized spacial score (nSPS) is 50.4. The summed E-state index contributed by atoms with van der Waals surface area (Å²) >= 11 is 0. The zero-order chi connectivity index (χ0) is 45.0. The minimum Gasteiger partial charge on any atom is -0.387 e. The Morgan fingerprint density at radius 2 is 1.28 bits per heavy atom. The molecule has 2 aliphatic heterocycles. The molecule has 0 aromatic carbocycles. The van der Waals surface area contributed by atoms with E-state index in [1.165, 1.54) is 0 Å². The monoisotopic (exact) mass is 861 g/mol. The smallest absolute Gasteiger partial charge is 0.317 e. The quantitative estimate of drug-likeness (QED) is 0.182. The molecule has 2 heterocycles. The predicted octanol–water partition coefficient (Wildman–Crippen LogP) is 2.87. The van der Waals surface area contributed by atoms with Gasteiger partial charge >= 0.3 is 11.8 Å². The molecule has 3 amide bonds. The molecule has 0 spiro atoms. The van der Waals surface area contributed by atoms with E-state index in [0.29, 0.717) is 38.5 Å². The van der Waals surface area contributed by atoms with Gasteiger partial charge in [-0.3, -0.25) is 19.2 Å². The number of amides is 3. The molecule has 19 unspecified atom stereocenters. The Morgan fingerprint density at radius 1 is 0.689 bits per heavy atom. The second kappa shape index (κ2) is 15.5. The number of ether oxygens (including phenoxy) is 4. The van der Waals surface area contributed by atoms with Gasteiger partial charge in [-0.15, -0.1) is 14.7 Å². The van der Waals surface area contributed by atoms with Gasteiger partial charge in [-0.1, -0.05) is 54.0 Å². The maximum Gasteiger partial charge on any atom is 0.317 e. The summed E-state index contributed by atoms with van der Waals surface area (Å²) in [7, 11) is 0. The number of aliphatic hydroxyl groups excluding tert-OH is 5. The summed E-state index contributed by atoms with van der Waals surface area (Å²) in [6.45, 7) is 14.7. The third kappa shape index (κ3) is 6.78. The highest BCUT2D eigenvalue weighted by atomic mass is 16.8. The van der Waals surface area contributed by atoms with Gasteiger partial charge in [0, 0.05) is 21.4 Å². The summed E-state index contributed by atoms with van der Waals surface area (Å²) in [4.78, 5) is 86.3. The van der Waals surface area contributed by atoms with E-state index < -0.39 is 113 Å². The molecule has 6 fully saturated rings. The summed E-state index contributed by atoms with van der Waals surface area (Å²) in [5.41, 5.74) is -2.13. The maximum absolute atomic E-state index is 14.9. The van der Waals surface area contributed by atoms with Crippen LogP contribution < -0.4 is 0 Å². The SMILES string of the molecule is CC1(C(=O)N=O)CCC2(C)CCC3(C)C(=CC(=O)C4C5(C)CCC(OC6OC(C(=O)N=O)C(O)C(O)C6OC6OC(C(=O)N=O)C(O)C(O)C6O)C(C)(C)C5CCC43C)C2C1. The number of aliphatic hydroxyl groups is 5. The fourth-order valence-corrected chi connectivity index (χ4v) is 13.6. The number of hydrogen-bond acceptors (Lipinski definition) is 16. The van der Waals surface area contributed by atoms with Crippen molar-refractivity contribution in [2.24, 2.45) is 65.8 Å². The summed E-state index contributed by atoms with van der Waals surface area (Å²) in [5.74, 6) is -4.22. The standard InChI is InChI=1S/C42H59N3O16/c1-37(2)21-8-11-42(7)31(20(46)16-18-19-17-39(4,36(54)45-57)13-12-38(19,3)14-15-41(18,42)6)40(21,5)10-9-22(37)58-35-30(26(50)25(49)29(60-35)33(53)44-56)61-34-27(51)23(47)24(48)28(59-34)32(52)43-55/h16,19,21-31,34-35,47-51H,8-15,17H2,1-7H3. The van der Waals surface area contributed by atoms with Gasteiger partial charge in [0.25, 0.3) is 5.91 Å². The highest BCUT2D eigenvalue weighted by molar-refractivity contribution is 5.96. The van der Waals surface area contributed by atoms with Crippen LogP contribution in [-0.2, 0) is 38.1 Å². The van der Waals surface area contributed by atoms with Crippen LogP contribution >= 0.6 is 0 Å². The predicted molar refractivity (Wildman–Crippen MR) is 209 cm³/mol. The Morgan fingerprint density at radius 3 is 1.89 bits per heavy atom. The number of nitrogens with zero attached hydrogens (tertiary/aromatic N) is 3. The largest absolute Gasteiger partial charge is 0.387 e. The average molecular weight is 862 g/mol. The molecule has 61 heavy (non-hydrogen) atoms. The fourth-order valence-electron chi connectivity index (χ4n) is 13.6. The second-order valence-electron chi connectivity index (χ2n) is 20.9. The molecule has 0 aromatic heterocycles. The van der Waals surface area contributed by atoms with Crippen molar-refractivity contribution in [2.45, 2.75) is 174 Å². The van der Waals surface area contributed by atoms with Crippen molar-refractivity contribution in [1.29, 1.82) is 0 Å². The summed E-state index contributed by atoms with van der Waals surface area (Å²) in [6, 6.07) is 0. The van der Waals surface area contributed by atoms with Gasteiger partial charge < -0.3 is 44.5 Å². The fraction of sp³-hybridized carbons (Fsp3) is 0.857. The van der Waals surface area contributed by atoms with E-state index in [1.54, 1.807) is 0 Å². The van der Waals surface area contributed by atoms with Crippen LogP contribution in [0.4, 0.5) is 0 Å². The van der Waals surface area contributed by atoms with Crippen LogP contribution in [0.25, 0.3) is 0 Å². The van der Waals surface area contributed by atoms with E-state index in [-0.39, 0.29) is 28.4 Å². The highest BCUT2D eigenvalue weighted by Crippen LogP contribution is 2.75. The molecule has 2 saturated heterocycles. The van der Waals surface area contributed by atoms with E-state index in [1.807, 2.05) is 26.8 Å². The molecule has 7 rings (SSSR count). The van der Waals surface area contributed by atoms with Gasteiger partial charge in [-0.25, -0.2) is 0 Å². The molecular weight excluding hydrogens is 802 g/mol. The van der Waals surface area contributed by atoms with Crippen LogP contribution in [0.2, 0.25) is 0 Å². The van der Waals surface area contributed by atoms with E-state index in [9.17, 15) is 59.4 Å². The third-order valence-corrected chi connectivity index (χ3v) is 17.5. The molecule has 5 N–H and O–H groups in total. The number of rotatable bonds is 7. The van der Waals surface area contributed by atoms with Crippen molar-refractivity contribution in [2.75, 3.05) is 0 Å². The Balaban J connectivity index is 1.18. The van der Waals surface area contributed by atoms with Crippen molar-refractivity contribution < 1.29 is 63.7 Å². The number of carbonyl (C=O) groups is 4. The molecule has 5 aliphatic carbocycles. The minimum absolute atomic E-state index is 0.0255. The summed E-state index contributed by atoms with van der Waals surface area (Å²) in [6.07, 6.45) is -13.3. The maximum atomic E-state index is 14.9. The number of allylic oxidation sites excluding steroid dienone is 2. The van der Waals surface area contributed by atoms with Crippen LogP contribution in [0.15, 0.2) is 27.2 Å². The Hall–Kier alpha value is -3.14. The number of nitroso groups, excluding NO2 is 3. The van der Waals surface area contributed by atoms with Crippen LogP contribution in [0.3, 0.4) is 0 Å². The third-order valence-electron chi connectivity index (χ3n) is 17.5. The zero-order valence-corrected chi connectivity index (χ0v) is 35.6. The number of carbonyl (C=O) groups excluding carboxylic acids is 4. The van der Waals surface area contributed by atoms with Crippen molar-refractivity contribution in [3.8, 4) is 0 Å². The number of hydrogen-bond donors (Lipinski definition) is 5. The van der Waals surface area contributed by atoms with Crippen LogP contribution in [0.1, 0.15) is 106 Å². The summed E-state index contributed by atoms with van der Waals surface area (Å²) < 4.78 is 23.5. The average Bonchev–Trinajstić information content (AvgIpc) is 3.21. The van der Waals surface area contributed by atoms with Crippen LogP contribution in [0.5, 0.6) is 0 Å². The Labute approximate surface area is 352 Å². The number of fused-ring (bicyclic) bond motifs is 7. The summed E-state index contributed by atoms with van der Waals surface area (Å²) in [5, 5.41) is 61.2. The first kappa shape index (κ1) is 45.9. The topological polar surface area (TPSA) is 295 Å². The van der Waals surface area contributed by atoms with Crippen molar-refractivity contribution >= 4 is 23.5 Å². The van der Waals surface area contributed by atoms with Crippen LogP contribution in [-0.4, -0.2) is 117 Å². The van der Waals surface area contributed by atoms with E-state index in [4.69, 9.17) is 18.9 Å². The van der Waals surface area contributed by atoms with Crippen molar-refractivity contribution in [3.63, 3.8) is 0 Å². The lowest BCUT2D eigenvalue weighted by molar-refractivity contribution is -0.369. The van der Waals surface area contributed by atoms with Gasteiger partial charge in [-0.2, -0.15) is 0 Å². The molecule has 7 aliphatic rings. The highest BCUT2D eigenvalue weighted by Gasteiger charge is 2.71. The molecule has 19 atom stereocenters. The van der Waals surface area contributed by atoms with E-state index in [0.717, 1.165) is 24.8 Å². The molecule has 4 saturated carbocycles. The molecule has 0 radical (unpaired) electrons. The van der Waals surface area contributed by atoms with Gasteiger partial charge in [0.05, 0.1) is 11.5 Å². The Bertz CT molecular complexity index is 1890. The van der Waals surface area contributed by atoms with Crippen LogP contribution in [0, 0.1) is 65.0 Å². The minimum atomic E-state index is -2.11. The van der Waals surface area contributed by atoms with Crippen molar-refractivity contribution in [3.05, 3.63) is 26.4 Å². The lowest BCUT2D eigenvalue weighted by Crippen LogP contribution is -2.68. The van der Waals surface area contributed by atoms with Gasteiger partial charge in [0.2, 0.25) is 0 Å². The first-order chi connectivity index (χ1) is 28.4. The van der Waals surface area contributed by atoms with E-state index >= 15 is 0 Å². The molecule has 338 valence electrons. The molecule has 19 heteroatoms. The van der Waals surface area contributed by atoms with Gasteiger partial charge in [0.15, 0.2) is 30.6 Å². The van der Waals surface area contributed by atoms with E-state index in [2.05, 4.69) is 43.2 Å². The molecule has 0 aromatic rings. The van der Waals surface area contributed by atoms with Crippen molar-refractivity contribution in [1.82, 2.24) is 0 Å². The van der Waals surface area contributed by atoms with Gasteiger partial charge in [0.1, 0.15) is 36.6 Å². The molecular formula is C42H59N3O16. The Kier molecular flexibility index (Phi) is 11.7. The molecule has 19 nitrogen and oxygen atoms in total. The first-order valence-corrected chi connectivity index (χ1v) is 21.3. The van der Waals surface area contributed by atoms with Gasteiger partial charge in [-0.05, 0) is 103 Å². The lowest BCUT2D eigenvalue weighted by atomic mass is 9.33. The molecule has 0 bridgehead atoms.